The van der Waals surface area contributed by atoms with Gasteiger partial charge in [0, 0.05) is 0 Å². The molecule has 0 heterocycles. The second-order valence-electron chi connectivity index (χ2n) is 3.70. The van der Waals surface area contributed by atoms with Crippen molar-refractivity contribution in [1.82, 2.24) is 0 Å². The van der Waals surface area contributed by atoms with Gasteiger partial charge in [-0.3, -0.25) is 0 Å². The molecule has 0 bridgehead atoms. The molecular weight excluding hydrogens is 156 g/mol. The van der Waals surface area contributed by atoms with Gasteiger partial charge in [0.25, 0.3) is 0 Å². The van der Waals surface area contributed by atoms with Gasteiger partial charge in [-0.25, -0.2) is 0 Å². The molecule has 0 fully saturated rings. The van der Waals surface area contributed by atoms with Crippen molar-refractivity contribution in [2.24, 2.45) is 0 Å². The van der Waals surface area contributed by atoms with Crippen molar-refractivity contribution in [2.75, 3.05) is 0 Å². The van der Waals surface area contributed by atoms with Crippen LogP contribution in [0.4, 0.5) is 0 Å². The second kappa shape index (κ2) is 4.27. The fourth-order valence-corrected chi connectivity index (χ4v) is 1.89. The second-order valence-corrected chi connectivity index (χ2v) is 3.70. The third kappa shape index (κ3) is 2.21. The van der Waals surface area contributed by atoms with Gasteiger partial charge in [0.15, 0.2) is 0 Å². The number of fused-ring (bicyclic) bond motifs is 1. The molecule has 13 heavy (non-hydrogen) atoms. The number of benzene rings is 1. The molecule has 1 aromatic rings. The minimum Gasteiger partial charge on any atom is -0.0839 e. The summed E-state index contributed by atoms with van der Waals surface area (Å²) in [7, 11) is 0. The highest BCUT2D eigenvalue weighted by Crippen LogP contribution is 2.17. The lowest BCUT2D eigenvalue weighted by molar-refractivity contribution is 0.690. The zero-order valence-corrected chi connectivity index (χ0v) is 8.00. The van der Waals surface area contributed by atoms with E-state index in [1.807, 2.05) is 0 Å². The number of aryl methyl sites for hydroxylation is 1. The molecule has 0 heteroatoms. The van der Waals surface area contributed by atoms with E-state index in [1.54, 1.807) is 0 Å². The standard InChI is InChI=1S/C13H16/c1-2-4-8-12-10-6-7-11-13(12)9-5-3-1/h4,6-8,10-11H,1-3,5,9H2/b8-4+. The maximum absolute atomic E-state index is 2.31. The molecule has 0 atom stereocenters. The van der Waals surface area contributed by atoms with Crippen LogP contribution in [0.5, 0.6) is 0 Å². The topological polar surface area (TPSA) is 0 Å². The Morgan fingerprint density at radius 1 is 0.923 bits per heavy atom. The maximum atomic E-state index is 2.31. The Morgan fingerprint density at radius 2 is 1.85 bits per heavy atom. The smallest absolute Gasteiger partial charge is 0.0228 e. The van der Waals surface area contributed by atoms with Crippen molar-refractivity contribution >= 4 is 6.08 Å². The normalized spacial score (nSPS) is 19.4. The number of rotatable bonds is 0. The number of allylic oxidation sites excluding steroid dienone is 1. The summed E-state index contributed by atoms with van der Waals surface area (Å²) in [5.41, 5.74) is 2.94. The van der Waals surface area contributed by atoms with Crippen LogP contribution in [-0.4, -0.2) is 0 Å². The van der Waals surface area contributed by atoms with Gasteiger partial charge in [-0.2, -0.15) is 0 Å². The van der Waals surface area contributed by atoms with Crippen molar-refractivity contribution in [2.45, 2.75) is 32.1 Å². The van der Waals surface area contributed by atoms with E-state index >= 15 is 0 Å². The van der Waals surface area contributed by atoms with E-state index in [-0.39, 0.29) is 0 Å². The van der Waals surface area contributed by atoms with Crippen LogP contribution in [-0.2, 0) is 6.42 Å². The van der Waals surface area contributed by atoms with Crippen molar-refractivity contribution in [3.63, 3.8) is 0 Å². The first kappa shape index (κ1) is 8.55. The SMILES string of the molecule is C1=C/c2ccccc2CCCCC/1. The van der Waals surface area contributed by atoms with Crippen LogP contribution in [0.1, 0.15) is 36.8 Å². The first-order valence-electron chi connectivity index (χ1n) is 5.21. The van der Waals surface area contributed by atoms with Crippen molar-refractivity contribution < 1.29 is 0 Å². The zero-order chi connectivity index (χ0) is 8.93. The van der Waals surface area contributed by atoms with E-state index in [0.29, 0.717) is 0 Å². The summed E-state index contributed by atoms with van der Waals surface area (Å²) in [5.74, 6) is 0. The monoisotopic (exact) mass is 172 g/mol. The summed E-state index contributed by atoms with van der Waals surface area (Å²) in [4.78, 5) is 0. The highest BCUT2D eigenvalue weighted by Gasteiger charge is 2.00. The van der Waals surface area contributed by atoms with Gasteiger partial charge < -0.3 is 0 Å². The Hall–Kier alpha value is -1.04. The molecule has 0 aromatic heterocycles. The van der Waals surface area contributed by atoms with E-state index in [1.165, 1.54) is 43.2 Å². The molecule has 0 radical (unpaired) electrons. The Kier molecular flexibility index (Phi) is 2.81. The average molecular weight is 172 g/mol. The first-order valence-corrected chi connectivity index (χ1v) is 5.21. The van der Waals surface area contributed by atoms with Crippen LogP contribution < -0.4 is 0 Å². The molecule has 0 nitrogen and oxygen atoms in total. The maximum Gasteiger partial charge on any atom is -0.0228 e. The summed E-state index contributed by atoms with van der Waals surface area (Å²) in [6, 6.07) is 8.74. The predicted molar refractivity (Wildman–Crippen MR) is 57.6 cm³/mol. The quantitative estimate of drug-likeness (QED) is 0.558. The van der Waals surface area contributed by atoms with Crippen LogP contribution in [0.15, 0.2) is 30.3 Å². The molecule has 1 aliphatic carbocycles. The van der Waals surface area contributed by atoms with Crippen LogP contribution >= 0.6 is 0 Å². The Labute approximate surface area is 80.3 Å². The van der Waals surface area contributed by atoms with Crippen LogP contribution in [0, 0.1) is 0 Å². The van der Waals surface area contributed by atoms with Crippen LogP contribution in [0.3, 0.4) is 0 Å². The highest BCUT2D eigenvalue weighted by atomic mass is 14.1. The summed E-state index contributed by atoms with van der Waals surface area (Å²) in [6.07, 6.45) is 11.2. The lowest BCUT2D eigenvalue weighted by Gasteiger charge is -2.03. The minimum atomic E-state index is 1.24. The van der Waals surface area contributed by atoms with E-state index in [9.17, 15) is 0 Å². The van der Waals surface area contributed by atoms with Crippen LogP contribution in [0.2, 0.25) is 0 Å². The van der Waals surface area contributed by atoms with Crippen molar-refractivity contribution in [3.05, 3.63) is 41.5 Å². The molecular formula is C13H16. The number of hydrogen-bond acceptors (Lipinski definition) is 0. The van der Waals surface area contributed by atoms with Gasteiger partial charge >= 0.3 is 0 Å². The van der Waals surface area contributed by atoms with Gasteiger partial charge in [0.1, 0.15) is 0 Å². The van der Waals surface area contributed by atoms with E-state index in [4.69, 9.17) is 0 Å². The minimum absolute atomic E-state index is 1.24. The van der Waals surface area contributed by atoms with E-state index in [2.05, 4.69) is 36.4 Å². The third-order valence-electron chi connectivity index (χ3n) is 2.67. The van der Waals surface area contributed by atoms with Gasteiger partial charge in [0.2, 0.25) is 0 Å². The Morgan fingerprint density at radius 3 is 2.85 bits per heavy atom. The molecule has 68 valence electrons. The Bertz CT molecular complexity index is 297. The van der Waals surface area contributed by atoms with Gasteiger partial charge in [-0.15, -0.1) is 0 Å². The van der Waals surface area contributed by atoms with Gasteiger partial charge in [0.05, 0.1) is 0 Å². The summed E-state index contributed by atoms with van der Waals surface area (Å²) in [5, 5.41) is 0. The fraction of sp³-hybridized carbons (Fsp3) is 0.385. The molecule has 0 spiro atoms. The van der Waals surface area contributed by atoms with Crippen molar-refractivity contribution in [3.8, 4) is 0 Å². The van der Waals surface area contributed by atoms with Gasteiger partial charge in [-0.05, 0) is 36.8 Å². The summed E-state index contributed by atoms with van der Waals surface area (Å²) in [6.45, 7) is 0. The molecule has 1 aliphatic rings. The zero-order valence-electron chi connectivity index (χ0n) is 8.00. The first-order chi connectivity index (χ1) is 6.47. The average Bonchev–Trinajstić information content (AvgIpc) is 2.28. The lowest BCUT2D eigenvalue weighted by atomic mass is 10.0. The molecule has 0 unspecified atom stereocenters. The van der Waals surface area contributed by atoms with Crippen LogP contribution in [0.25, 0.3) is 6.08 Å². The predicted octanol–water partition coefficient (Wildman–Crippen LogP) is 3.82. The molecule has 2 rings (SSSR count). The molecule has 0 amide bonds. The third-order valence-corrected chi connectivity index (χ3v) is 2.67. The largest absolute Gasteiger partial charge is 0.0839 e. The van der Waals surface area contributed by atoms with E-state index < -0.39 is 0 Å². The van der Waals surface area contributed by atoms with Gasteiger partial charge in [-0.1, -0.05) is 42.8 Å². The Balaban J connectivity index is 2.28. The number of hydrogen-bond donors (Lipinski definition) is 0. The fourth-order valence-electron chi connectivity index (χ4n) is 1.89. The van der Waals surface area contributed by atoms with Crippen molar-refractivity contribution in [1.29, 1.82) is 0 Å². The molecule has 0 saturated heterocycles. The van der Waals surface area contributed by atoms with E-state index in [0.717, 1.165) is 0 Å². The lowest BCUT2D eigenvalue weighted by Crippen LogP contribution is -1.88. The highest BCUT2D eigenvalue weighted by molar-refractivity contribution is 5.53. The summed E-state index contributed by atoms with van der Waals surface area (Å²) >= 11 is 0. The molecule has 1 aromatic carbocycles. The molecule has 0 N–H and O–H groups in total. The summed E-state index contributed by atoms with van der Waals surface area (Å²) < 4.78 is 0. The molecule has 0 saturated carbocycles. The molecule has 0 aliphatic heterocycles.